The Bertz CT molecular complexity index is 1290. The van der Waals surface area contributed by atoms with E-state index in [2.05, 4.69) is 48.9 Å². The number of piperazine rings is 1. The Morgan fingerprint density at radius 1 is 1.10 bits per heavy atom. The fourth-order valence-corrected chi connectivity index (χ4v) is 5.36. The third-order valence-electron chi connectivity index (χ3n) is 7.67. The average molecular weight is 531 g/mol. The van der Waals surface area contributed by atoms with Crippen molar-refractivity contribution in [3.05, 3.63) is 82.9 Å². The minimum Gasteiger partial charge on any atom is -0.508 e. The molecule has 4 rings (SSSR count). The predicted octanol–water partition coefficient (Wildman–Crippen LogP) is 4.85. The maximum atomic E-state index is 13.3. The van der Waals surface area contributed by atoms with Gasteiger partial charge in [0.25, 0.3) is 5.91 Å². The van der Waals surface area contributed by atoms with Crippen molar-refractivity contribution in [2.24, 2.45) is 5.92 Å². The van der Waals surface area contributed by atoms with Gasteiger partial charge in [0.1, 0.15) is 11.5 Å². The van der Waals surface area contributed by atoms with Crippen LogP contribution in [0, 0.1) is 12.8 Å². The monoisotopic (exact) mass is 530 g/mol. The molecule has 4 N–H and O–H groups in total. The van der Waals surface area contributed by atoms with Crippen LogP contribution < -0.4 is 20.7 Å². The summed E-state index contributed by atoms with van der Waals surface area (Å²) in [6.45, 7) is 12.0. The summed E-state index contributed by atoms with van der Waals surface area (Å²) >= 11 is 0. The number of hydrogen-bond acceptors (Lipinski definition) is 6. The molecule has 39 heavy (non-hydrogen) atoms. The fraction of sp³-hybridized carbons (Fsp3) is 0.406. The van der Waals surface area contributed by atoms with Gasteiger partial charge in [-0.25, -0.2) is 0 Å². The molecule has 208 valence electrons. The molecule has 1 fully saturated rings. The zero-order chi connectivity index (χ0) is 28.1. The lowest BCUT2D eigenvalue weighted by Gasteiger charge is -2.42. The molecule has 0 saturated carbocycles. The SMILES string of the molecule is COc1ccc(C)cc1Cc1ccc(C(=O)N[C@H](CN2CCN(c3cccc(O)c3)[C@@H](C)C2)C(C)C)cc1N. The molecule has 1 saturated heterocycles. The molecule has 7 heteroatoms. The van der Waals surface area contributed by atoms with Crippen LogP contribution in [-0.4, -0.2) is 61.3 Å². The quantitative estimate of drug-likeness (QED) is 0.343. The Morgan fingerprint density at radius 3 is 2.56 bits per heavy atom. The zero-order valence-electron chi connectivity index (χ0n) is 23.8. The highest BCUT2D eigenvalue weighted by Crippen LogP contribution is 2.27. The first-order chi connectivity index (χ1) is 18.6. The van der Waals surface area contributed by atoms with E-state index in [1.807, 2.05) is 42.5 Å². The van der Waals surface area contributed by atoms with Gasteiger partial charge in [0.2, 0.25) is 0 Å². The number of carbonyl (C=O) groups is 1. The number of carbonyl (C=O) groups excluding carboxylic acids is 1. The average Bonchev–Trinajstić information content (AvgIpc) is 2.89. The smallest absolute Gasteiger partial charge is 0.251 e. The van der Waals surface area contributed by atoms with Crippen molar-refractivity contribution >= 4 is 17.3 Å². The lowest BCUT2D eigenvalue weighted by molar-refractivity contribution is 0.0903. The van der Waals surface area contributed by atoms with Crippen molar-refractivity contribution in [2.75, 3.05) is 43.9 Å². The van der Waals surface area contributed by atoms with Crippen molar-refractivity contribution in [1.82, 2.24) is 10.2 Å². The number of benzene rings is 3. The number of methoxy groups -OCH3 is 1. The van der Waals surface area contributed by atoms with Crippen molar-refractivity contribution in [3.8, 4) is 11.5 Å². The molecule has 1 amide bonds. The van der Waals surface area contributed by atoms with Crippen molar-refractivity contribution in [2.45, 2.75) is 46.2 Å². The van der Waals surface area contributed by atoms with Gasteiger partial charge in [-0.05, 0) is 61.2 Å². The minimum absolute atomic E-state index is 0.00877. The fourth-order valence-electron chi connectivity index (χ4n) is 5.36. The molecule has 0 radical (unpaired) electrons. The van der Waals surface area contributed by atoms with E-state index in [1.165, 1.54) is 0 Å². The number of phenols is 1. The largest absolute Gasteiger partial charge is 0.508 e. The van der Waals surface area contributed by atoms with Crippen LogP contribution in [0.5, 0.6) is 11.5 Å². The Hall–Kier alpha value is -3.71. The van der Waals surface area contributed by atoms with Crippen LogP contribution >= 0.6 is 0 Å². The van der Waals surface area contributed by atoms with Gasteiger partial charge < -0.3 is 25.8 Å². The maximum absolute atomic E-state index is 13.3. The van der Waals surface area contributed by atoms with Gasteiger partial charge in [-0.1, -0.05) is 43.7 Å². The minimum atomic E-state index is -0.105. The van der Waals surface area contributed by atoms with Crippen LogP contribution in [0.3, 0.4) is 0 Å². The highest BCUT2D eigenvalue weighted by molar-refractivity contribution is 5.95. The van der Waals surface area contributed by atoms with Crippen LogP contribution in [0.2, 0.25) is 0 Å². The number of ether oxygens (including phenoxy) is 1. The van der Waals surface area contributed by atoms with Crippen LogP contribution in [0.4, 0.5) is 11.4 Å². The molecule has 3 aromatic carbocycles. The summed E-state index contributed by atoms with van der Waals surface area (Å²) in [7, 11) is 1.67. The first-order valence-corrected chi connectivity index (χ1v) is 13.8. The summed E-state index contributed by atoms with van der Waals surface area (Å²) in [6.07, 6.45) is 0.639. The number of nitrogens with two attached hydrogens (primary N) is 1. The molecule has 7 nitrogen and oxygen atoms in total. The Balaban J connectivity index is 1.38. The number of hydrogen-bond donors (Lipinski definition) is 3. The van der Waals surface area contributed by atoms with E-state index in [9.17, 15) is 9.90 Å². The number of nitrogen functional groups attached to an aromatic ring is 1. The van der Waals surface area contributed by atoms with E-state index in [4.69, 9.17) is 10.5 Å². The predicted molar refractivity (Wildman–Crippen MR) is 159 cm³/mol. The van der Waals surface area contributed by atoms with Crippen molar-refractivity contribution < 1.29 is 14.6 Å². The van der Waals surface area contributed by atoms with Crippen LogP contribution in [0.15, 0.2) is 60.7 Å². The van der Waals surface area contributed by atoms with Gasteiger partial charge in [-0.15, -0.1) is 0 Å². The van der Waals surface area contributed by atoms with E-state index in [1.54, 1.807) is 19.2 Å². The van der Waals surface area contributed by atoms with Gasteiger partial charge in [0, 0.05) is 67.7 Å². The topological polar surface area (TPSA) is 91.1 Å². The molecule has 2 atom stereocenters. The second kappa shape index (κ2) is 12.4. The van der Waals surface area contributed by atoms with Crippen LogP contribution in [0.25, 0.3) is 0 Å². The van der Waals surface area contributed by atoms with Gasteiger partial charge >= 0.3 is 0 Å². The highest BCUT2D eigenvalue weighted by atomic mass is 16.5. The molecular weight excluding hydrogens is 488 g/mol. The van der Waals surface area contributed by atoms with Crippen LogP contribution in [-0.2, 0) is 6.42 Å². The second-order valence-corrected chi connectivity index (χ2v) is 11.1. The molecule has 0 spiro atoms. The van der Waals surface area contributed by atoms with Crippen LogP contribution in [0.1, 0.15) is 47.8 Å². The number of nitrogens with one attached hydrogen (secondary N) is 1. The number of nitrogens with zero attached hydrogens (tertiary/aromatic N) is 2. The Kier molecular flexibility index (Phi) is 9.02. The van der Waals surface area contributed by atoms with Gasteiger partial charge in [-0.2, -0.15) is 0 Å². The molecule has 1 aliphatic heterocycles. The number of aryl methyl sites for hydroxylation is 1. The molecule has 0 unspecified atom stereocenters. The van der Waals surface area contributed by atoms with E-state index in [-0.39, 0.29) is 23.6 Å². The van der Waals surface area contributed by atoms with E-state index < -0.39 is 0 Å². The molecule has 3 aromatic rings. The van der Waals surface area contributed by atoms with Gasteiger partial charge in [0.15, 0.2) is 0 Å². The Morgan fingerprint density at radius 2 is 1.90 bits per heavy atom. The number of rotatable bonds is 9. The molecule has 0 aliphatic carbocycles. The molecule has 1 aliphatic rings. The second-order valence-electron chi connectivity index (χ2n) is 11.1. The number of amides is 1. The zero-order valence-corrected chi connectivity index (χ0v) is 23.8. The summed E-state index contributed by atoms with van der Waals surface area (Å²) in [4.78, 5) is 18.0. The number of aromatic hydroxyl groups is 1. The highest BCUT2D eigenvalue weighted by Gasteiger charge is 2.27. The summed E-state index contributed by atoms with van der Waals surface area (Å²) < 4.78 is 5.52. The van der Waals surface area contributed by atoms with Gasteiger partial charge in [0.05, 0.1) is 7.11 Å². The first-order valence-electron chi connectivity index (χ1n) is 13.8. The first kappa shape index (κ1) is 28.3. The number of phenolic OH excluding ortho intramolecular Hbond substituents is 1. The summed E-state index contributed by atoms with van der Waals surface area (Å²) in [6, 6.07) is 19.4. The lowest BCUT2D eigenvalue weighted by atomic mass is 9.98. The lowest BCUT2D eigenvalue weighted by Crippen LogP contribution is -2.56. The van der Waals surface area contributed by atoms with Crippen molar-refractivity contribution in [3.63, 3.8) is 0 Å². The molecular formula is C32H42N4O3. The summed E-state index contributed by atoms with van der Waals surface area (Å²) in [5.41, 5.74) is 11.8. The van der Waals surface area contributed by atoms with E-state index in [0.29, 0.717) is 23.7 Å². The van der Waals surface area contributed by atoms with E-state index >= 15 is 0 Å². The van der Waals surface area contributed by atoms with Crippen molar-refractivity contribution in [1.29, 1.82) is 0 Å². The normalized spacial score (nSPS) is 16.8. The van der Waals surface area contributed by atoms with Gasteiger partial charge in [-0.3, -0.25) is 9.69 Å². The van der Waals surface area contributed by atoms with E-state index in [0.717, 1.165) is 54.3 Å². The molecule has 0 bridgehead atoms. The maximum Gasteiger partial charge on any atom is 0.251 e. The number of anilines is 2. The standard InChI is InChI=1S/C32H42N4O3/c1-21(2)30(20-35-13-14-36(23(4)19-35)27-7-6-8-28(37)18-27)34-32(38)25-11-10-24(29(33)17-25)16-26-15-22(3)9-12-31(26)39-5/h6-12,15,17-18,21,23,30,37H,13-14,16,19-20,33H2,1-5H3,(H,34,38)/t23-,30+/m0/s1. The Labute approximate surface area is 232 Å². The third kappa shape index (κ3) is 7.03. The third-order valence-corrected chi connectivity index (χ3v) is 7.67. The summed E-state index contributed by atoms with van der Waals surface area (Å²) in [5, 5.41) is 13.1. The molecule has 1 heterocycles. The summed E-state index contributed by atoms with van der Waals surface area (Å²) in [5.74, 6) is 1.29. The molecule has 0 aromatic heterocycles.